The molecule has 104 valence electrons. The van der Waals surface area contributed by atoms with Gasteiger partial charge in [-0.15, -0.1) is 0 Å². The average molecular weight is 253 g/mol. The van der Waals surface area contributed by atoms with E-state index in [-0.39, 0.29) is 11.9 Å². The standard InChI is InChI=1S/C14H27N3O/c1-10(2)12-4-6-17(7-5-12)14(18)13-9-15-11(3)8-16-13/h10-13,15-16H,4-9H2,1-3H3. The predicted molar refractivity (Wildman–Crippen MR) is 73.4 cm³/mol. The van der Waals surface area contributed by atoms with Crippen LogP contribution in [0.2, 0.25) is 0 Å². The number of carbonyl (C=O) groups is 1. The van der Waals surface area contributed by atoms with Crippen molar-refractivity contribution in [1.29, 1.82) is 0 Å². The number of carbonyl (C=O) groups excluding carboxylic acids is 1. The van der Waals surface area contributed by atoms with E-state index >= 15 is 0 Å². The summed E-state index contributed by atoms with van der Waals surface area (Å²) in [6, 6.07) is 0.456. The zero-order valence-electron chi connectivity index (χ0n) is 11.9. The average Bonchev–Trinajstić information content (AvgIpc) is 2.39. The van der Waals surface area contributed by atoms with Crippen LogP contribution in [-0.4, -0.2) is 49.1 Å². The monoisotopic (exact) mass is 253 g/mol. The van der Waals surface area contributed by atoms with Crippen LogP contribution in [0.5, 0.6) is 0 Å². The van der Waals surface area contributed by atoms with E-state index in [1.165, 1.54) is 12.8 Å². The van der Waals surface area contributed by atoms with Gasteiger partial charge in [-0.25, -0.2) is 0 Å². The van der Waals surface area contributed by atoms with Crippen molar-refractivity contribution in [2.45, 2.75) is 45.7 Å². The number of likely N-dealkylation sites (tertiary alicyclic amines) is 1. The molecule has 0 aromatic rings. The Labute approximate surface area is 110 Å². The third-order valence-corrected chi connectivity index (χ3v) is 4.43. The molecule has 4 nitrogen and oxygen atoms in total. The topological polar surface area (TPSA) is 44.4 Å². The molecular formula is C14H27N3O. The lowest BCUT2D eigenvalue weighted by atomic mass is 9.86. The van der Waals surface area contributed by atoms with Crippen molar-refractivity contribution in [2.75, 3.05) is 26.2 Å². The molecule has 2 rings (SSSR count). The molecule has 2 saturated heterocycles. The van der Waals surface area contributed by atoms with Gasteiger partial charge in [0.1, 0.15) is 0 Å². The molecular weight excluding hydrogens is 226 g/mol. The molecule has 1 amide bonds. The van der Waals surface area contributed by atoms with E-state index < -0.39 is 0 Å². The fourth-order valence-corrected chi connectivity index (χ4v) is 2.96. The van der Waals surface area contributed by atoms with Crippen molar-refractivity contribution in [1.82, 2.24) is 15.5 Å². The Balaban J connectivity index is 1.80. The minimum absolute atomic E-state index is 0.0169. The van der Waals surface area contributed by atoms with Gasteiger partial charge in [0.15, 0.2) is 0 Å². The fourth-order valence-electron chi connectivity index (χ4n) is 2.96. The highest BCUT2D eigenvalue weighted by atomic mass is 16.2. The first-order chi connectivity index (χ1) is 8.58. The van der Waals surface area contributed by atoms with Crippen LogP contribution >= 0.6 is 0 Å². The van der Waals surface area contributed by atoms with Gasteiger partial charge in [-0.2, -0.15) is 0 Å². The second kappa shape index (κ2) is 6.02. The molecule has 2 unspecified atom stereocenters. The third-order valence-electron chi connectivity index (χ3n) is 4.43. The van der Waals surface area contributed by atoms with Crippen LogP contribution in [0.3, 0.4) is 0 Å². The molecule has 2 N–H and O–H groups in total. The number of rotatable bonds is 2. The highest BCUT2D eigenvalue weighted by Gasteiger charge is 2.30. The molecule has 2 atom stereocenters. The summed E-state index contributed by atoms with van der Waals surface area (Å²) in [5, 5.41) is 6.72. The van der Waals surface area contributed by atoms with Gasteiger partial charge in [0.25, 0.3) is 0 Å². The summed E-state index contributed by atoms with van der Waals surface area (Å²) in [6.07, 6.45) is 2.33. The lowest BCUT2D eigenvalue weighted by Gasteiger charge is -2.37. The van der Waals surface area contributed by atoms with Crippen LogP contribution < -0.4 is 10.6 Å². The molecule has 0 aromatic carbocycles. The number of piperidine rings is 1. The summed E-state index contributed by atoms with van der Waals surface area (Å²) >= 11 is 0. The van der Waals surface area contributed by atoms with Crippen molar-refractivity contribution in [3.63, 3.8) is 0 Å². The molecule has 2 aliphatic rings. The number of nitrogens with zero attached hydrogens (tertiary/aromatic N) is 1. The van der Waals surface area contributed by atoms with E-state index in [1.807, 2.05) is 4.90 Å². The third kappa shape index (κ3) is 3.23. The second-order valence-corrected chi connectivity index (χ2v) is 6.18. The van der Waals surface area contributed by atoms with Gasteiger partial charge < -0.3 is 15.5 Å². The Kier molecular flexibility index (Phi) is 4.62. The molecule has 0 saturated carbocycles. The molecule has 0 aliphatic carbocycles. The number of hydrogen-bond acceptors (Lipinski definition) is 3. The number of amides is 1. The Hall–Kier alpha value is -0.610. The first kappa shape index (κ1) is 13.8. The summed E-state index contributed by atoms with van der Waals surface area (Å²) in [5.74, 6) is 1.83. The van der Waals surface area contributed by atoms with Gasteiger partial charge >= 0.3 is 0 Å². The molecule has 0 spiro atoms. The SMILES string of the molecule is CC1CNC(C(=O)N2CCC(C(C)C)CC2)CN1. The van der Waals surface area contributed by atoms with Gasteiger partial charge in [-0.3, -0.25) is 4.79 Å². The minimum Gasteiger partial charge on any atom is -0.341 e. The van der Waals surface area contributed by atoms with E-state index in [9.17, 15) is 4.79 Å². The second-order valence-electron chi connectivity index (χ2n) is 6.18. The summed E-state index contributed by atoms with van der Waals surface area (Å²) in [5.41, 5.74) is 0. The molecule has 2 heterocycles. The quantitative estimate of drug-likeness (QED) is 0.766. The lowest BCUT2D eigenvalue weighted by molar-refractivity contribution is -0.135. The zero-order valence-corrected chi connectivity index (χ0v) is 11.9. The molecule has 4 heteroatoms. The van der Waals surface area contributed by atoms with Crippen molar-refractivity contribution in [3.8, 4) is 0 Å². The van der Waals surface area contributed by atoms with E-state index in [4.69, 9.17) is 0 Å². The maximum Gasteiger partial charge on any atom is 0.241 e. The van der Waals surface area contributed by atoms with Crippen LogP contribution in [0.15, 0.2) is 0 Å². The van der Waals surface area contributed by atoms with Crippen molar-refractivity contribution in [2.24, 2.45) is 11.8 Å². The summed E-state index contributed by atoms with van der Waals surface area (Å²) in [7, 11) is 0. The smallest absolute Gasteiger partial charge is 0.241 e. The molecule has 2 aliphatic heterocycles. The molecule has 2 fully saturated rings. The van der Waals surface area contributed by atoms with Crippen LogP contribution in [0, 0.1) is 11.8 Å². The predicted octanol–water partition coefficient (Wildman–Crippen LogP) is 0.831. The highest BCUT2D eigenvalue weighted by Crippen LogP contribution is 2.24. The van der Waals surface area contributed by atoms with Crippen LogP contribution in [-0.2, 0) is 4.79 Å². The summed E-state index contributed by atoms with van der Waals surface area (Å²) in [4.78, 5) is 14.4. The lowest BCUT2D eigenvalue weighted by Crippen LogP contribution is -2.60. The van der Waals surface area contributed by atoms with Gasteiger partial charge in [-0.05, 0) is 31.6 Å². The van der Waals surface area contributed by atoms with E-state index in [1.54, 1.807) is 0 Å². The molecule has 0 bridgehead atoms. The molecule has 0 radical (unpaired) electrons. The van der Waals surface area contributed by atoms with E-state index in [2.05, 4.69) is 31.4 Å². The van der Waals surface area contributed by atoms with Crippen molar-refractivity contribution in [3.05, 3.63) is 0 Å². The largest absolute Gasteiger partial charge is 0.341 e. The zero-order chi connectivity index (χ0) is 13.1. The fraction of sp³-hybridized carbons (Fsp3) is 0.929. The van der Waals surface area contributed by atoms with Crippen LogP contribution in [0.4, 0.5) is 0 Å². The highest BCUT2D eigenvalue weighted by molar-refractivity contribution is 5.82. The molecule has 18 heavy (non-hydrogen) atoms. The van der Waals surface area contributed by atoms with Crippen LogP contribution in [0.25, 0.3) is 0 Å². The van der Waals surface area contributed by atoms with E-state index in [0.29, 0.717) is 6.04 Å². The first-order valence-electron chi connectivity index (χ1n) is 7.33. The summed E-state index contributed by atoms with van der Waals surface area (Å²) < 4.78 is 0. The Morgan fingerprint density at radius 1 is 1.17 bits per heavy atom. The maximum atomic E-state index is 12.4. The molecule has 0 aromatic heterocycles. The Morgan fingerprint density at radius 3 is 2.33 bits per heavy atom. The normalized spacial score (nSPS) is 30.8. The van der Waals surface area contributed by atoms with Crippen molar-refractivity contribution >= 4 is 5.91 Å². The summed E-state index contributed by atoms with van der Waals surface area (Å²) in [6.45, 7) is 10.3. The Morgan fingerprint density at radius 2 is 1.83 bits per heavy atom. The van der Waals surface area contributed by atoms with Gasteiger partial charge in [-0.1, -0.05) is 13.8 Å². The number of hydrogen-bond donors (Lipinski definition) is 2. The van der Waals surface area contributed by atoms with Crippen LogP contribution in [0.1, 0.15) is 33.6 Å². The Bertz CT molecular complexity index is 277. The van der Waals surface area contributed by atoms with Crippen molar-refractivity contribution < 1.29 is 4.79 Å². The number of nitrogens with one attached hydrogen (secondary N) is 2. The maximum absolute atomic E-state index is 12.4. The van der Waals surface area contributed by atoms with Gasteiger partial charge in [0, 0.05) is 32.2 Å². The van der Waals surface area contributed by atoms with Gasteiger partial charge in [0.05, 0.1) is 6.04 Å². The number of piperazine rings is 1. The first-order valence-corrected chi connectivity index (χ1v) is 7.33. The van der Waals surface area contributed by atoms with E-state index in [0.717, 1.165) is 38.0 Å². The minimum atomic E-state index is -0.0169. The van der Waals surface area contributed by atoms with Gasteiger partial charge in [0.2, 0.25) is 5.91 Å².